The molecule has 1 unspecified atom stereocenters. The van der Waals surface area contributed by atoms with Crippen molar-refractivity contribution in [2.75, 3.05) is 13.2 Å². The van der Waals surface area contributed by atoms with E-state index >= 15 is 0 Å². The number of nitro benzene ring substituents is 1. The minimum atomic E-state index is -0.418. The van der Waals surface area contributed by atoms with Crippen LogP contribution < -0.4 is 10.1 Å². The molecule has 0 fully saturated rings. The maximum absolute atomic E-state index is 10.9. The molecule has 1 aromatic rings. The zero-order valence-electron chi connectivity index (χ0n) is 12.0. The van der Waals surface area contributed by atoms with Crippen LogP contribution in [0.2, 0.25) is 0 Å². The van der Waals surface area contributed by atoms with Gasteiger partial charge in [-0.25, -0.2) is 0 Å². The normalized spacial score (nSPS) is 11.7. The lowest BCUT2D eigenvalue weighted by Crippen LogP contribution is -2.28. The molecule has 0 aliphatic carbocycles. The number of hydrogen-bond acceptors (Lipinski definition) is 5. The first-order chi connectivity index (χ1) is 9.49. The van der Waals surface area contributed by atoms with E-state index in [0.717, 1.165) is 5.56 Å². The zero-order valence-corrected chi connectivity index (χ0v) is 12.0. The van der Waals surface area contributed by atoms with Crippen LogP contribution in [-0.2, 0) is 0 Å². The van der Waals surface area contributed by atoms with E-state index in [1.54, 1.807) is 13.0 Å². The monoisotopic (exact) mass is 277 g/mol. The molecule has 1 aromatic carbocycles. The first-order valence-electron chi connectivity index (χ1n) is 6.51. The largest absolute Gasteiger partial charge is 0.493 e. The number of aryl methyl sites for hydroxylation is 2. The van der Waals surface area contributed by atoms with Crippen LogP contribution in [0.3, 0.4) is 0 Å². The average molecular weight is 277 g/mol. The van der Waals surface area contributed by atoms with Gasteiger partial charge in [-0.05, 0) is 32.0 Å². The second-order valence-corrected chi connectivity index (χ2v) is 4.54. The van der Waals surface area contributed by atoms with Crippen LogP contribution in [0.15, 0.2) is 12.1 Å². The quantitative estimate of drug-likeness (QED) is 0.611. The van der Waals surface area contributed by atoms with E-state index in [1.807, 2.05) is 13.8 Å². The summed E-state index contributed by atoms with van der Waals surface area (Å²) in [6.07, 6.45) is 0.533. The molecular formula is C14H19N3O3. The van der Waals surface area contributed by atoms with E-state index in [4.69, 9.17) is 10.00 Å². The lowest BCUT2D eigenvalue weighted by atomic mass is 10.1. The lowest BCUT2D eigenvalue weighted by Gasteiger charge is -2.13. The van der Waals surface area contributed by atoms with Crippen molar-refractivity contribution in [3.63, 3.8) is 0 Å². The lowest BCUT2D eigenvalue weighted by molar-refractivity contribution is -0.385. The first kappa shape index (κ1) is 15.9. The summed E-state index contributed by atoms with van der Waals surface area (Å²) < 4.78 is 5.57. The van der Waals surface area contributed by atoms with Crippen LogP contribution in [-0.4, -0.2) is 24.1 Å². The molecule has 0 aliphatic rings. The Hall–Kier alpha value is -2.13. The highest BCUT2D eigenvalue weighted by molar-refractivity contribution is 5.49. The summed E-state index contributed by atoms with van der Waals surface area (Å²) in [5, 5.41) is 22.8. The van der Waals surface area contributed by atoms with Gasteiger partial charge in [-0.1, -0.05) is 6.92 Å². The maximum atomic E-state index is 10.9. The van der Waals surface area contributed by atoms with E-state index < -0.39 is 4.92 Å². The van der Waals surface area contributed by atoms with Crippen LogP contribution in [0.25, 0.3) is 0 Å². The number of rotatable bonds is 7. The van der Waals surface area contributed by atoms with Gasteiger partial charge in [0.1, 0.15) is 5.75 Å². The van der Waals surface area contributed by atoms with Crippen molar-refractivity contribution in [1.82, 2.24) is 5.32 Å². The molecule has 6 nitrogen and oxygen atoms in total. The van der Waals surface area contributed by atoms with Gasteiger partial charge in [-0.2, -0.15) is 5.26 Å². The molecule has 0 saturated heterocycles. The van der Waals surface area contributed by atoms with Crippen molar-refractivity contribution in [2.45, 2.75) is 33.2 Å². The highest BCUT2D eigenvalue weighted by Gasteiger charge is 2.15. The van der Waals surface area contributed by atoms with Gasteiger partial charge in [-0.3, -0.25) is 10.1 Å². The topological polar surface area (TPSA) is 88.2 Å². The molecule has 0 aromatic heterocycles. The van der Waals surface area contributed by atoms with Gasteiger partial charge in [-0.15, -0.1) is 0 Å². The van der Waals surface area contributed by atoms with Gasteiger partial charge >= 0.3 is 0 Å². The first-order valence-corrected chi connectivity index (χ1v) is 6.51. The molecule has 108 valence electrons. The van der Waals surface area contributed by atoms with Crippen molar-refractivity contribution >= 4 is 5.69 Å². The molecule has 0 amide bonds. The summed E-state index contributed by atoms with van der Waals surface area (Å²) in [7, 11) is 0. The van der Waals surface area contributed by atoms with Gasteiger partial charge in [0.25, 0.3) is 5.69 Å². The van der Waals surface area contributed by atoms with Gasteiger partial charge in [0.05, 0.1) is 29.7 Å². The number of benzene rings is 1. The molecule has 0 saturated carbocycles. The average Bonchev–Trinajstić information content (AvgIpc) is 2.39. The molecule has 1 atom stereocenters. The van der Waals surface area contributed by atoms with Gasteiger partial charge < -0.3 is 10.1 Å². The minimum absolute atomic E-state index is 0.0501. The molecule has 0 aliphatic heterocycles. The highest BCUT2D eigenvalue weighted by Crippen LogP contribution is 2.28. The fourth-order valence-corrected chi connectivity index (χ4v) is 1.92. The summed E-state index contributed by atoms with van der Waals surface area (Å²) in [4.78, 5) is 10.5. The molecule has 0 spiro atoms. The van der Waals surface area contributed by atoms with E-state index in [0.29, 0.717) is 30.9 Å². The Kier molecular flexibility index (Phi) is 5.94. The molecule has 20 heavy (non-hydrogen) atoms. The fraction of sp³-hybridized carbons (Fsp3) is 0.500. The summed E-state index contributed by atoms with van der Waals surface area (Å²) >= 11 is 0. The number of nitriles is 1. The van der Waals surface area contributed by atoms with Crippen LogP contribution in [0.4, 0.5) is 5.69 Å². The molecule has 6 heteroatoms. The Balaban J connectivity index is 2.71. The van der Waals surface area contributed by atoms with E-state index in [-0.39, 0.29) is 11.7 Å². The fourth-order valence-electron chi connectivity index (χ4n) is 1.92. The van der Waals surface area contributed by atoms with Crippen LogP contribution >= 0.6 is 0 Å². The van der Waals surface area contributed by atoms with Gasteiger partial charge in [0.2, 0.25) is 0 Å². The Bertz CT molecular complexity index is 523. The molecular weight excluding hydrogens is 258 g/mol. The van der Waals surface area contributed by atoms with Crippen molar-refractivity contribution in [3.05, 3.63) is 33.4 Å². The Morgan fingerprint density at radius 1 is 1.45 bits per heavy atom. The van der Waals surface area contributed by atoms with Gasteiger partial charge in [0.15, 0.2) is 0 Å². The van der Waals surface area contributed by atoms with Crippen LogP contribution in [0, 0.1) is 35.3 Å². The second kappa shape index (κ2) is 7.46. The predicted molar refractivity (Wildman–Crippen MR) is 75.8 cm³/mol. The summed E-state index contributed by atoms with van der Waals surface area (Å²) in [5.74, 6) is 0.496. The van der Waals surface area contributed by atoms with E-state index in [1.165, 1.54) is 6.07 Å². The van der Waals surface area contributed by atoms with Crippen molar-refractivity contribution in [1.29, 1.82) is 5.26 Å². The second-order valence-electron chi connectivity index (χ2n) is 4.54. The van der Waals surface area contributed by atoms with Crippen LogP contribution in [0.5, 0.6) is 5.75 Å². The smallest absolute Gasteiger partial charge is 0.276 e. The third-order valence-electron chi connectivity index (χ3n) is 2.96. The number of nitrogens with zero attached hydrogens (tertiary/aromatic N) is 2. The number of ether oxygens (including phenoxy) is 1. The predicted octanol–water partition coefficient (Wildman–Crippen LogP) is 2.48. The van der Waals surface area contributed by atoms with E-state index in [9.17, 15) is 10.1 Å². The summed E-state index contributed by atoms with van der Waals surface area (Å²) in [6, 6.07) is 5.06. The van der Waals surface area contributed by atoms with Crippen molar-refractivity contribution in [3.8, 4) is 11.8 Å². The molecule has 1 rings (SSSR count). The Labute approximate surface area is 118 Å². The molecule has 1 N–H and O–H groups in total. The highest BCUT2D eigenvalue weighted by atomic mass is 16.6. The zero-order chi connectivity index (χ0) is 15.1. The molecule has 0 radical (unpaired) electrons. The minimum Gasteiger partial charge on any atom is -0.493 e. The van der Waals surface area contributed by atoms with Gasteiger partial charge in [0, 0.05) is 12.0 Å². The summed E-state index contributed by atoms with van der Waals surface area (Å²) in [6.45, 7) is 6.53. The number of nitro groups is 1. The Morgan fingerprint density at radius 3 is 2.70 bits per heavy atom. The standard InChI is InChI=1S/C14H19N3O3/c1-4-16-12(9-15)5-6-20-14-8-13(17(18)19)10(2)7-11(14)3/h7-8,12,16H,4-6H2,1-3H3. The number of nitrogens with one attached hydrogen (secondary N) is 1. The maximum Gasteiger partial charge on any atom is 0.276 e. The molecule has 0 bridgehead atoms. The van der Waals surface area contributed by atoms with Crippen molar-refractivity contribution < 1.29 is 9.66 Å². The Morgan fingerprint density at radius 2 is 2.15 bits per heavy atom. The van der Waals surface area contributed by atoms with Crippen molar-refractivity contribution in [2.24, 2.45) is 0 Å². The molecule has 0 heterocycles. The van der Waals surface area contributed by atoms with Crippen LogP contribution in [0.1, 0.15) is 24.5 Å². The van der Waals surface area contributed by atoms with E-state index in [2.05, 4.69) is 11.4 Å². The summed E-state index contributed by atoms with van der Waals surface area (Å²) in [5.41, 5.74) is 1.52. The SMILES string of the molecule is CCNC(C#N)CCOc1cc([N+](=O)[O-])c(C)cc1C. The third kappa shape index (κ3) is 4.21. The number of hydrogen-bond donors (Lipinski definition) is 1. The third-order valence-corrected chi connectivity index (χ3v) is 2.96.